The van der Waals surface area contributed by atoms with Crippen molar-refractivity contribution in [3.63, 3.8) is 0 Å². The molecule has 3 heterocycles. The molecule has 1 saturated heterocycles. The monoisotopic (exact) mass is 266 g/mol. The molecule has 1 aliphatic heterocycles. The third-order valence-electron chi connectivity index (χ3n) is 3.33. The summed E-state index contributed by atoms with van der Waals surface area (Å²) in [5.41, 5.74) is 6.23. The summed E-state index contributed by atoms with van der Waals surface area (Å²) in [4.78, 5) is 7.97. The highest BCUT2D eigenvalue weighted by Crippen LogP contribution is 2.32. The van der Waals surface area contributed by atoms with E-state index >= 15 is 0 Å². The molecule has 1 fully saturated rings. The van der Waals surface area contributed by atoms with Gasteiger partial charge in [0.05, 0.1) is 12.0 Å². The van der Waals surface area contributed by atoms with Crippen LogP contribution in [-0.4, -0.2) is 54.8 Å². The molecule has 0 spiro atoms. The van der Waals surface area contributed by atoms with Crippen LogP contribution < -0.4 is 5.73 Å². The van der Waals surface area contributed by atoms with E-state index in [0.717, 1.165) is 0 Å². The Balaban J connectivity index is 2.04. The molecule has 0 amide bonds. The Morgan fingerprint density at radius 3 is 2.79 bits per heavy atom. The SMILES string of the molecule is Nc1ncnc2c1ccn2[C@@H]1O[C@H](CO)[C@H](O)[C@@H]1O. The Morgan fingerprint density at radius 1 is 1.32 bits per heavy atom. The van der Waals surface area contributed by atoms with Crippen molar-refractivity contribution in [2.24, 2.45) is 0 Å². The molecular formula is C11H14N4O4. The summed E-state index contributed by atoms with van der Waals surface area (Å²) >= 11 is 0. The van der Waals surface area contributed by atoms with Crippen molar-refractivity contribution in [2.45, 2.75) is 24.5 Å². The molecule has 0 aromatic carbocycles. The van der Waals surface area contributed by atoms with Crippen LogP contribution in [0.15, 0.2) is 18.6 Å². The number of rotatable bonds is 2. The van der Waals surface area contributed by atoms with Gasteiger partial charge in [0.25, 0.3) is 0 Å². The maximum absolute atomic E-state index is 9.98. The van der Waals surface area contributed by atoms with Crippen LogP contribution in [0, 0.1) is 0 Å². The number of aliphatic hydroxyl groups is 3. The third kappa shape index (κ3) is 1.77. The molecule has 0 unspecified atom stereocenters. The molecule has 2 aromatic rings. The topological polar surface area (TPSA) is 127 Å². The summed E-state index contributed by atoms with van der Waals surface area (Å²) in [5.74, 6) is 0.329. The smallest absolute Gasteiger partial charge is 0.164 e. The number of fused-ring (bicyclic) bond motifs is 1. The second-order valence-corrected chi connectivity index (χ2v) is 4.45. The fraction of sp³-hybridized carbons (Fsp3) is 0.455. The minimum absolute atomic E-state index is 0.329. The molecule has 8 heteroatoms. The van der Waals surface area contributed by atoms with Crippen molar-refractivity contribution in [3.8, 4) is 0 Å². The lowest BCUT2D eigenvalue weighted by Gasteiger charge is -2.17. The van der Waals surface area contributed by atoms with Crippen molar-refractivity contribution < 1.29 is 20.1 Å². The van der Waals surface area contributed by atoms with E-state index in [2.05, 4.69) is 9.97 Å². The minimum atomic E-state index is -1.15. The van der Waals surface area contributed by atoms with Crippen LogP contribution in [0.4, 0.5) is 5.82 Å². The molecule has 3 rings (SSSR count). The Hall–Kier alpha value is -1.74. The number of hydrogen-bond donors (Lipinski definition) is 4. The lowest BCUT2D eigenvalue weighted by molar-refractivity contribution is -0.0508. The second-order valence-electron chi connectivity index (χ2n) is 4.45. The van der Waals surface area contributed by atoms with Gasteiger partial charge in [0, 0.05) is 6.20 Å². The number of nitrogens with zero attached hydrogens (tertiary/aromatic N) is 3. The van der Waals surface area contributed by atoms with Crippen LogP contribution in [-0.2, 0) is 4.74 Å². The number of ether oxygens (including phenoxy) is 1. The molecule has 1 aliphatic rings. The van der Waals surface area contributed by atoms with Gasteiger partial charge < -0.3 is 30.4 Å². The van der Waals surface area contributed by atoms with Gasteiger partial charge in [-0.15, -0.1) is 0 Å². The van der Waals surface area contributed by atoms with E-state index in [1.165, 1.54) is 6.33 Å². The fourth-order valence-corrected chi connectivity index (χ4v) is 2.31. The highest BCUT2D eigenvalue weighted by atomic mass is 16.6. The largest absolute Gasteiger partial charge is 0.394 e. The van der Waals surface area contributed by atoms with Crippen molar-refractivity contribution in [3.05, 3.63) is 18.6 Å². The molecule has 5 N–H and O–H groups in total. The maximum Gasteiger partial charge on any atom is 0.164 e. The van der Waals surface area contributed by atoms with Crippen LogP contribution >= 0.6 is 0 Å². The van der Waals surface area contributed by atoms with Crippen molar-refractivity contribution in [1.82, 2.24) is 14.5 Å². The Morgan fingerprint density at radius 2 is 2.11 bits per heavy atom. The van der Waals surface area contributed by atoms with E-state index in [4.69, 9.17) is 15.6 Å². The Bertz CT molecular complexity index is 601. The number of anilines is 1. The maximum atomic E-state index is 9.98. The fourth-order valence-electron chi connectivity index (χ4n) is 2.31. The van der Waals surface area contributed by atoms with E-state index in [-0.39, 0.29) is 6.61 Å². The standard InChI is InChI=1S/C11H14N4O4/c12-9-5-1-2-15(10(5)14-4-13-9)11-8(18)7(17)6(3-16)19-11/h1-2,4,6-8,11,16-18H,3H2,(H2,12,13,14)/t6-,7+,8+,11-/m1/s1. The minimum Gasteiger partial charge on any atom is -0.394 e. The van der Waals surface area contributed by atoms with E-state index in [1.54, 1.807) is 16.8 Å². The van der Waals surface area contributed by atoms with Gasteiger partial charge in [-0.3, -0.25) is 0 Å². The lowest BCUT2D eigenvalue weighted by atomic mass is 10.1. The van der Waals surface area contributed by atoms with Crippen LogP contribution in [0.25, 0.3) is 11.0 Å². The molecule has 0 bridgehead atoms. The van der Waals surface area contributed by atoms with Crippen molar-refractivity contribution >= 4 is 16.9 Å². The van der Waals surface area contributed by atoms with Crippen LogP contribution in [0.5, 0.6) is 0 Å². The van der Waals surface area contributed by atoms with Gasteiger partial charge in [0.2, 0.25) is 0 Å². The summed E-state index contributed by atoms with van der Waals surface area (Å²) < 4.78 is 7.01. The summed E-state index contributed by atoms with van der Waals surface area (Å²) in [6, 6.07) is 1.71. The van der Waals surface area contributed by atoms with Gasteiger partial charge in [-0.25, -0.2) is 9.97 Å². The predicted molar refractivity (Wildman–Crippen MR) is 64.9 cm³/mol. The van der Waals surface area contributed by atoms with Gasteiger partial charge >= 0.3 is 0 Å². The van der Waals surface area contributed by atoms with E-state index < -0.39 is 24.5 Å². The molecule has 19 heavy (non-hydrogen) atoms. The zero-order valence-electron chi connectivity index (χ0n) is 9.92. The number of nitrogens with two attached hydrogens (primary N) is 1. The number of hydrogen-bond acceptors (Lipinski definition) is 7. The number of aromatic nitrogens is 3. The van der Waals surface area contributed by atoms with Crippen molar-refractivity contribution in [2.75, 3.05) is 12.3 Å². The highest BCUT2D eigenvalue weighted by molar-refractivity contribution is 5.86. The first-order valence-electron chi connectivity index (χ1n) is 5.83. The first-order chi connectivity index (χ1) is 9.13. The summed E-state index contributed by atoms with van der Waals surface area (Å²) in [5, 5.41) is 29.4. The molecule has 0 saturated carbocycles. The zero-order valence-corrected chi connectivity index (χ0v) is 9.92. The van der Waals surface area contributed by atoms with Gasteiger partial charge in [0.1, 0.15) is 36.1 Å². The van der Waals surface area contributed by atoms with E-state index in [0.29, 0.717) is 16.9 Å². The summed E-state index contributed by atoms with van der Waals surface area (Å²) in [6.07, 6.45) is -0.975. The highest BCUT2D eigenvalue weighted by Gasteiger charge is 2.43. The average Bonchev–Trinajstić information content (AvgIpc) is 2.94. The predicted octanol–water partition coefficient (Wildman–Crippen LogP) is -1.38. The second kappa shape index (κ2) is 4.42. The molecule has 8 nitrogen and oxygen atoms in total. The van der Waals surface area contributed by atoms with Gasteiger partial charge in [-0.2, -0.15) is 0 Å². The quantitative estimate of drug-likeness (QED) is 0.528. The molecule has 0 radical (unpaired) electrons. The van der Waals surface area contributed by atoms with Crippen LogP contribution in [0.2, 0.25) is 0 Å². The molecular weight excluding hydrogens is 252 g/mol. The first-order valence-corrected chi connectivity index (χ1v) is 5.83. The number of aliphatic hydroxyl groups excluding tert-OH is 3. The Labute approximate surface area is 108 Å². The molecule has 0 aliphatic carbocycles. The normalized spacial score (nSPS) is 31.1. The first kappa shape index (κ1) is 12.3. The van der Waals surface area contributed by atoms with E-state index in [1.807, 2.05) is 0 Å². The molecule has 2 aromatic heterocycles. The van der Waals surface area contributed by atoms with E-state index in [9.17, 15) is 10.2 Å². The summed E-state index contributed by atoms with van der Waals surface area (Å²) in [7, 11) is 0. The van der Waals surface area contributed by atoms with Gasteiger partial charge in [-0.05, 0) is 6.07 Å². The molecule has 102 valence electrons. The third-order valence-corrected chi connectivity index (χ3v) is 3.33. The lowest BCUT2D eigenvalue weighted by Crippen LogP contribution is -2.33. The average molecular weight is 266 g/mol. The van der Waals surface area contributed by atoms with Gasteiger partial charge in [0.15, 0.2) is 6.23 Å². The summed E-state index contributed by atoms with van der Waals surface area (Å²) in [6.45, 7) is -0.370. The molecule has 4 atom stereocenters. The Kier molecular flexibility index (Phi) is 2.86. The van der Waals surface area contributed by atoms with Crippen LogP contribution in [0.3, 0.4) is 0 Å². The van der Waals surface area contributed by atoms with Crippen molar-refractivity contribution in [1.29, 1.82) is 0 Å². The zero-order chi connectivity index (χ0) is 13.6. The number of nitrogen functional groups attached to an aromatic ring is 1. The van der Waals surface area contributed by atoms with Gasteiger partial charge in [-0.1, -0.05) is 0 Å². The van der Waals surface area contributed by atoms with Crippen LogP contribution in [0.1, 0.15) is 6.23 Å².